The van der Waals surface area contributed by atoms with E-state index in [1.54, 1.807) is 10.9 Å². The average Bonchev–Trinajstić information content (AvgIpc) is 3.33. The number of ether oxygens (including phenoxy) is 2. The van der Waals surface area contributed by atoms with Crippen molar-refractivity contribution in [1.82, 2.24) is 15.2 Å². The van der Waals surface area contributed by atoms with Crippen LogP contribution in [0.25, 0.3) is 16.9 Å². The SMILES string of the molecule is CCCOc1ccc(-c2nn(-c3ccccc3)cc2/C=N/NC(=O)COc2ccc(C)c(C)c2)cc1. The van der Waals surface area contributed by atoms with Crippen molar-refractivity contribution in [2.75, 3.05) is 13.2 Å². The highest BCUT2D eigenvalue weighted by atomic mass is 16.5. The van der Waals surface area contributed by atoms with Crippen molar-refractivity contribution in [3.8, 4) is 28.4 Å². The van der Waals surface area contributed by atoms with Gasteiger partial charge in [0, 0.05) is 17.3 Å². The Morgan fingerprint density at radius 2 is 1.72 bits per heavy atom. The zero-order chi connectivity index (χ0) is 25.3. The maximum absolute atomic E-state index is 12.3. The van der Waals surface area contributed by atoms with E-state index in [9.17, 15) is 4.79 Å². The van der Waals surface area contributed by atoms with Gasteiger partial charge in [0.15, 0.2) is 6.61 Å². The highest BCUT2D eigenvalue weighted by molar-refractivity contribution is 5.89. The zero-order valence-corrected chi connectivity index (χ0v) is 20.8. The number of hydrazone groups is 1. The number of amides is 1. The van der Waals surface area contributed by atoms with E-state index in [-0.39, 0.29) is 12.5 Å². The number of hydrogen-bond acceptors (Lipinski definition) is 5. The molecule has 0 aliphatic rings. The van der Waals surface area contributed by atoms with E-state index in [1.807, 2.05) is 92.8 Å². The number of carbonyl (C=O) groups excluding carboxylic acids is 1. The van der Waals surface area contributed by atoms with Gasteiger partial charge in [0.1, 0.15) is 17.2 Å². The fourth-order valence-electron chi connectivity index (χ4n) is 3.51. The van der Waals surface area contributed by atoms with Crippen molar-refractivity contribution in [3.05, 3.63) is 95.7 Å². The van der Waals surface area contributed by atoms with Gasteiger partial charge in [0.05, 0.1) is 18.5 Å². The standard InChI is InChI=1S/C29H30N4O3/c1-4-16-35-26-14-11-23(12-15-26)29-24(19-33(32-29)25-8-6-5-7-9-25)18-30-31-28(34)20-36-27-13-10-21(2)22(3)17-27/h5-15,17-19H,4,16,20H2,1-3H3,(H,31,34)/b30-18+. The first-order valence-electron chi connectivity index (χ1n) is 11.9. The van der Waals surface area contributed by atoms with Gasteiger partial charge in [0.25, 0.3) is 5.91 Å². The number of nitrogens with zero attached hydrogens (tertiary/aromatic N) is 3. The molecule has 1 N–H and O–H groups in total. The molecule has 3 aromatic carbocycles. The molecule has 36 heavy (non-hydrogen) atoms. The van der Waals surface area contributed by atoms with E-state index in [1.165, 1.54) is 5.56 Å². The Hall–Kier alpha value is -4.39. The molecular weight excluding hydrogens is 452 g/mol. The van der Waals surface area contributed by atoms with Crippen LogP contribution in [0.5, 0.6) is 11.5 Å². The lowest BCUT2D eigenvalue weighted by Gasteiger charge is -2.07. The van der Waals surface area contributed by atoms with Crippen LogP contribution in [0.15, 0.2) is 84.1 Å². The highest BCUT2D eigenvalue weighted by Gasteiger charge is 2.12. The molecule has 4 aromatic rings. The lowest BCUT2D eigenvalue weighted by atomic mass is 10.1. The van der Waals surface area contributed by atoms with Crippen LogP contribution in [0, 0.1) is 13.8 Å². The van der Waals surface area contributed by atoms with Crippen LogP contribution in [-0.2, 0) is 4.79 Å². The molecule has 0 aliphatic heterocycles. The minimum atomic E-state index is -0.348. The number of nitrogens with one attached hydrogen (secondary N) is 1. The van der Waals surface area contributed by atoms with Gasteiger partial charge in [-0.15, -0.1) is 0 Å². The summed E-state index contributed by atoms with van der Waals surface area (Å²) in [5.41, 5.74) is 8.16. The molecule has 1 aromatic heterocycles. The molecule has 0 saturated carbocycles. The second kappa shape index (κ2) is 11.8. The van der Waals surface area contributed by atoms with Crippen LogP contribution in [0.4, 0.5) is 0 Å². The van der Waals surface area contributed by atoms with E-state index >= 15 is 0 Å². The molecule has 7 nitrogen and oxygen atoms in total. The third kappa shape index (κ3) is 6.39. The largest absolute Gasteiger partial charge is 0.494 e. The van der Waals surface area contributed by atoms with Gasteiger partial charge in [-0.1, -0.05) is 31.2 Å². The van der Waals surface area contributed by atoms with Gasteiger partial charge in [0.2, 0.25) is 0 Å². The summed E-state index contributed by atoms with van der Waals surface area (Å²) < 4.78 is 13.1. The molecule has 7 heteroatoms. The summed E-state index contributed by atoms with van der Waals surface area (Å²) in [7, 11) is 0. The zero-order valence-electron chi connectivity index (χ0n) is 20.8. The summed E-state index contributed by atoms with van der Waals surface area (Å²) in [5, 5.41) is 8.93. The molecule has 4 rings (SSSR count). The first-order chi connectivity index (χ1) is 17.5. The molecule has 0 unspecified atom stereocenters. The first-order valence-corrected chi connectivity index (χ1v) is 11.9. The fraction of sp³-hybridized carbons (Fsp3) is 0.207. The molecule has 0 saturated heterocycles. The minimum absolute atomic E-state index is 0.130. The fourth-order valence-corrected chi connectivity index (χ4v) is 3.51. The molecule has 1 heterocycles. The quantitative estimate of drug-likeness (QED) is 0.240. The monoisotopic (exact) mass is 482 g/mol. The number of para-hydroxylation sites is 1. The van der Waals surface area contributed by atoms with Crippen molar-refractivity contribution in [2.45, 2.75) is 27.2 Å². The number of rotatable bonds is 10. The molecule has 0 fully saturated rings. The molecule has 0 bridgehead atoms. The molecule has 0 spiro atoms. The maximum atomic E-state index is 12.3. The topological polar surface area (TPSA) is 77.7 Å². The van der Waals surface area contributed by atoms with E-state index < -0.39 is 0 Å². The van der Waals surface area contributed by atoms with Gasteiger partial charge < -0.3 is 9.47 Å². The maximum Gasteiger partial charge on any atom is 0.277 e. The van der Waals surface area contributed by atoms with E-state index in [2.05, 4.69) is 17.5 Å². The molecule has 0 radical (unpaired) electrons. The second-order valence-corrected chi connectivity index (χ2v) is 8.41. The summed E-state index contributed by atoms with van der Waals surface area (Å²) in [6.45, 7) is 6.65. The lowest BCUT2D eigenvalue weighted by molar-refractivity contribution is -0.123. The minimum Gasteiger partial charge on any atom is -0.494 e. The second-order valence-electron chi connectivity index (χ2n) is 8.41. The summed E-state index contributed by atoms with van der Waals surface area (Å²) in [6, 6.07) is 23.4. The molecular formula is C29H30N4O3. The van der Waals surface area contributed by atoms with Crippen LogP contribution in [0.2, 0.25) is 0 Å². The highest BCUT2D eigenvalue weighted by Crippen LogP contribution is 2.25. The lowest BCUT2D eigenvalue weighted by Crippen LogP contribution is -2.24. The third-order valence-electron chi connectivity index (χ3n) is 5.61. The van der Waals surface area contributed by atoms with Crippen LogP contribution in [0.1, 0.15) is 30.0 Å². The van der Waals surface area contributed by atoms with E-state index in [4.69, 9.17) is 14.6 Å². The van der Waals surface area contributed by atoms with Gasteiger partial charge in [-0.05, 0) is 79.9 Å². The Labute approximate surface area is 211 Å². The Kier molecular flexibility index (Phi) is 8.13. The molecule has 184 valence electrons. The molecule has 0 atom stereocenters. The number of aromatic nitrogens is 2. The predicted octanol–water partition coefficient (Wildman–Crippen LogP) is 5.47. The Morgan fingerprint density at radius 1 is 0.972 bits per heavy atom. The number of benzene rings is 3. The van der Waals surface area contributed by atoms with Gasteiger partial charge in [-0.25, -0.2) is 10.1 Å². The van der Waals surface area contributed by atoms with E-state index in [0.29, 0.717) is 12.4 Å². The summed E-state index contributed by atoms with van der Waals surface area (Å²) in [6.07, 6.45) is 4.43. The third-order valence-corrected chi connectivity index (χ3v) is 5.61. The van der Waals surface area contributed by atoms with Crippen LogP contribution in [-0.4, -0.2) is 35.1 Å². The Balaban J connectivity index is 1.48. The summed E-state index contributed by atoms with van der Waals surface area (Å²) >= 11 is 0. The van der Waals surface area contributed by atoms with Gasteiger partial charge >= 0.3 is 0 Å². The first kappa shape index (κ1) is 24.7. The average molecular weight is 483 g/mol. The van der Waals surface area contributed by atoms with Crippen molar-refractivity contribution in [1.29, 1.82) is 0 Å². The Bertz CT molecular complexity index is 1330. The van der Waals surface area contributed by atoms with Gasteiger partial charge in [-0.3, -0.25) is 4.79 Å². The van der Waals surface area contributed by atoms with Crippen LogP contribution < -0.4 is 14.9 Å². The Morgan fingerprint density at radius 3 is 2.44 bits per heavy atom. The number of hydrogen-bond donors (Lipinski definition) is 1. The van der Waals surface area contributed by atoms with Crippen molar-refractivity contribution in [3.63, 3.8) is 0 Å². The van der Waals surface area contributed by atoms with Gasteiger partial charge in [-0.2, -0.15) is 10.2 Å². The summed E-state index contributed by atoms with van der Waals surface area (Å²) in [4.78, 5) is 12.3. The van der Waals surface area contributed by atoms with Crippen LogP contribution >= 0.6 is 0 Å². The van der Waals surface area contributed by atoms with E-state index in [0.717, 1.165) is 40.2 Å². The van der Waals surface area contributed by atoms with Crippen molar-refractivity contribution < 1.29 is 14.3 Å². The summed E-state index contributed by atoms with van der Waals surface area (Å²) in [5.74, 6) is 1.11. The smallest absolute Gasteiger partial charge is 0.277 e. The predicted molar refractivity (Wildman–Crippen MR) is 142 cm³/mol. The molecule has 1 amide bonds. The van der Waals surface area contributed by atoms with Crippen molar-refractivity contribution in [2.24, 2.45) is 5.10 Å². The number of aryl methyl sites for hydroxylation is 2. The van der Waals surface area contributed by atoms with Crippen LogP contribution in [0.3, 0.4) is 0 Å². The molecule has 0 aliphatic carbocycles. The van der Waals surface area contributed by atoms with Crippen molar-refractivity contribution >= 4 is 12.1 Å². The normalized spacial score (nSPS) is 11.0. The number of carbonyl (C=O) groups is 1.